The highest BCUT2D eigenvalue weighted by molar-refractivity contribution is 7.86. The Labute approximate surface area is 107 Å². The molecule has 1 atom stereocenters. The molecular formula is C8H18O8S2. The van der Waals surface area contributed by atoms with Crippen molar-refractivity contribution in [2.45, 2.75) is 19.4 Å². The fourth-order valence-electron chi connectivity index (χ4n) is 0.983. The lowest BCUT2D eigenvalue weighted by Gasteiger charge is -2.15. The fourth-order valence-corrected chi connectivity index (χ4v) is 1.62. The van der Waals surface area contributed by atoms with Crippen molar-refractivity contribution in [3.63, 3.8) is 0 Å². The molecule has 0 aliphatic carbocycles. The molecule has 0 aliphatic rings. The van der Waals surface area contributed by atoms with Gasteiger partial charge in [0.25, 0.3) is 20.2 Å². The molecule has 0 spiro atoms. The quantitative estimate of drug-likeness (QED) is 0.411. The molecule has 0 heterocycles. The zero-order valence-corrected chi connectivity index (χ0v) is 11.6. The predicted molar refractivity (Wildman–Crippen MR) is 63.7 cm³/mol. The first kappa shape index (κ1) is 17.7. The van der Waals surface area contributed by atoms with Crippen LogP contribution in [0.4, 0.5) is 0 Å². The van der Waals surface area contributed by atoms with Crippen molar-refractivity contribution in [1.29, 1.82) is 0 Å². The van der Waals surface area contributed by atoms with Crippen LogP contribution >= 0.6 is 0 Å². The largest absolute Gasteiger partial charge is 0.378 e. The van der Waals surface area contributed by atoms with Crippen molar-refractivity contribution in [3.8, 4) is 0 Å². The summed E-state index contributed by atoms with van der Waals surface area (Å²) in [4.78, 5) is 0. The van der Waals surface area contributed by atoms with E-state index in [4.69, 9.17) is 18.6 Å². The second kappa shape index (κ2) is 8.02. The summed E-state index contributed by atoms with van der Waals surface area (Å²) in [5.41, 5.74) is 0. The average Bonchev–Trinajstić information content (AvgIpc) is 2.18. The Hall–Kier alpha value is -0.260. The third-order valence-electron chi connectivity index (χ3n) is 1.94. The van der Waals surface area contributed by atoms with Crippen LogP contribution in [0.1, 0.15) is 13.3 Å². The smallest absolute Gasteiger partial charge is 0.267 e. The second-order valence-electron chi connectivity index (χ2n) is 3.55. The lowest BCUT2D eigenvalue weighted by Crippen LogP contribution is -2.24. The highest BCUT2D eigenvalue weighted by atomic mass is 32.2. The van der Waals surface area contributed by atoms with Crippen molar-refractivity contribution in [3.05, 3.63) is 0 Å². The SMILES string of the molecule is CCC(COCCS(=O)(=O)O)OCCS(=O)(=O)O. The number of rotatable bonds is 10. The molecule has 1 unspecified atom stereocenters. The van der Waals surface area contributed by atoms with Gasteiger partial charge in [-0.05, 0) is 6.42 Å². The van der Waals surface area contributed by atoms with Gasteiger partial charge in [-0.2, -0.15) is 16.8 Å². The Morgan fingerprint density at radius 3 is 1.94 bits per heavy atom. The van der Waals surface area contributed by atoms with Crippen LogP contribution in [-0.2, 0) is 29.7 Å². The summed E-state index contributed by atoms with van der Waals surface area (Å²) in [6.07, 6.45) is 0.144. The third kappa shape index (κ3) is 12.2. The van der Waals surface area contributed by atoms with E-state index in [0.717, 1.165) is 0 Å². The molecule has 0 aromatic heterocycles. The summed E-state index contributed by atoms with van der Waals surface area (Å²) < 4.78 is 68.6. The van der Waals surface area contributed by atoms with Crippen molar-refractivity contribution < 1.29 is 35.4 Å². The average molecular weight is 306 g/mol. The topological polar surface area (TPSA) is 127 Å². The minimum absolute atomic E-state index is 0.0808. The summed E-state index contributed by atoms with van der Waals surface area (Å²) in [5, 5.41) is 0. The van der Waals surface area contributed by atoms with Crippen LogP contribution in [0, 0.1) is 0 Å². The lowest BCUT2D eigenvalue weighted by molar-refractivity contribution is -0.00904. The first-order valence-corrected chi connectivity index (χ1v) is 8.45. The highest BCUT2D eigenvalue weighted by Gasteiger charge is 2.11. The Kier molecular flexibility index (Phi) is 7.90. The summed E-state index contributed by atoms with van der Waals surface area (Å²) >= 11 is 0. The summed E-state index contributed by atoms with van der Waals surface area (Å²) in [6, 6.07) is 0. The fraction of sp³-hybridized carbons (Fsp3) is 1.00. The Morgan fingerprint density at radius 2 is 1.50 bits per heavy atom. The first-order valence-electron chi connectivity index (χ1n) is 5.23. The molecule has 0 aromatic carbocycles. The Balaban J connectivity index is 3.78. The number of hydrogen-bond acceptors (Lipinski definition) is 6. The van der Waals surface area contributed by atoms with Gasteiger partial charge in [0.15, 0.2) is 0 Å². The van der Waals surface area contributed by atoms with Crippen LogP contribution in [0.2, 0.25) is 0 Å². The van der Waals surface area contributed by atoms with E-state index in [1.54, 1.807) is 6.92 Å². The van der Waals surface area contributed by atoms with Crippen LogP contribution in [-0.4, -0.2) is 63.4 Å². The first-order chi connectivity index (χ1) is 8.14. The van der Waals surface area contributed by atoms with E-state index in [9.17, 15) is 16.8 Å². The van der Waals surface area contributed by atoms with E-state index >= 15 is 0 Å². The van der Waals surface area contributed by atoms with Gasteiger partial charge in [0.05, 0.1) is 37.4 Å². The molecule has 0 bridgehead atoms. The van der Waals surface area contributed by atoms with Crippen molar-refractivity contribution >= 4 is 20.2 Å². The van der Waals surface area contributed by atoms with E-state index in [1.807, 2.05) is 0 Å². The van der Waals surface area contributed by atoms with E-state index in [2.05, 4.69) is 0 Å². The van der Waals surface area contributed by atoms with Gasteiger partial charge in [-0.15, -0.1) is 0 Å². The van der Waals surface area contributed by atoms with E-state index in [0.29, 0.717) is 6.42 Å². The van der Waals surface area contributed by atoms with Crippen LogP contribution in [0.15, 0.2) is 0 Å². The summed E-state index contributed by atoms with van der Waals surface area (Å²) in [6.45, 7) is 1.53. The molecule has 0 radical (unpaired) electrons. The predicted octanol–water partition coefficient (Wildman–Crippen LogP) is -0.426. The zero-order chi connectivity index (χ0) is 14.2. The molecule has 0 saturated carbocycles. The van der Waals surface area contributed by atoms with E-state index in [1.165, 1.54) is 0 Å². The van der Waals surface area contributed by atoms with Gasteiger partial charge in [-0.1, -0.05) is 6.92 Å². The molecule has 0 aromatic rings. The Bertz CT molecular complexity index is 412. The third-order valence-corrected chi connectivity index (χ3v) is 3.30. The minimum Gasteiger partial charge on any atom is -0.378 e. The number of ether oxygens (including phenoxy) is 2. The maximum Gasteiger partial charge on any atom is 0.267 e. The highest BCUT2D eigenvalue weighted by Crippen LogP contribution is 2.00. The minimum atomic E-state index is -4.05. The summed E-state index contributed by atoms with van der Waals surface area (Å²) in [5.74, 6) is -1.01. The standard InChI is InChI=1S/C8H18O8S2/c1-2-8(16-4-6-18(12,13)14)7-15-3-5-17(9,10)11/h8H,2-7H2,1H3,(H,9,10,11)(H,12,13,14). The lowest BCUT2D eigenvalue weighted by atomic mass is 10.3. The van der Waals surface area contributed by atoms with Crippen LogP contribution < -0.4 is 0 Å². The monoisotopic (exact) mass is 306 g/mol. The molecular weight excluding hydrogens is 288 g/mol. The molecule has 110 valence electrons. The van der Waals surface area contributed by atoms with Crippen LogP contribution in [0.5, 0.6) is 0 Å². The maximum atomic E-state index is 10.4. The van der Waals surface area contributed by atoms with Crippen molar-refractivity contribution in [1.82, 2.24) is 0 Å². The molecule has 8 nitrogen and oxygen atoms in total. The van der Waals surface area contributed by atoms with Gasteiger partial charge < -0.3 is 9.47 Å². The molecule has 2 N–H and O–H groups in total. The second-order valence-corrected chi connectivity index (χ2v) is 6.69. The molecule has 0 amide bonds. The van der Waals surface area contributed by atoms with Gasteiger partial charge in [-0.3, -0.25) is 9.11 Å². The van der Waals surface area contributed by atoms with E-state index in [-0.39, 0.29) is 19.8 Å². The van der Waals surface area contributed by atoms with Crippen LogP contribution in [0.3, 0.4) is 0 Å². The molecule has 10 heteroatoms. The van der Waals surface area contributed by atoms with Gasteiger partial charge in [0.1, 0.15) is 0 Å². The molecule has 0 rings (SSSR count). The molecule has 0 aliphatic heterocycles. The number of hydrogen-bond donors (Lipinski definition) is 2. The van der Waals surface area contributed by atoms with Gasteiger partial charge in [0.2, 0.25) is 0 Å². The van der Waals surface area contributed by atoms with E-state index < -0.39 is 37.8 Å². The summed E-state index contributed by atoms with van der Waals surface area (Å²) in [7, 11) is -8.09. The Morgan fingerprint density at radius 1 is 1.00 bits per heavy atom. The van der Waals surface area contributed by atoms with Gasteiger partial charge >= 0.3 is 0 Å². The normalized spacial score (nSPS) is 14.6. The molecule has 0 saturated heterocycles. The molecule has 18 heavy (non-hydrogen) atoms. The maximum absolute atomic E-state index is 10.4. The van der Waals surface area contributed by atoms with Gasteiger partial charge in [0, 0.05) is 0 Å². The van der Waals surface area contributed by atoms with Crippen LogP contribution in [0.25, 0.3) is 0 Å². The van der Waals surface area contributed by atoms with Crippen molar-refractivity contribution in [2.24, 2.45) is 0 Å². The zero-order valence-electron chi connectivity index (χ0n) is 9.98. The van der Waals surface area contributed by atoms with Gasteiger partial charge in [-0.25, -0.2) is 0 Å². The van der Waals surface area contributed by atoms with Crippen molar-refractivity contribution in [2.75, 3.05) is 31.3 Å². The molecule has 0 fully saturated rings.